The molecule has 1 aromatic carbocycles. The summed E-state index contributed by atoms with van der Waals surface area (Å²) in [6, 6.07) is 5.47. The number of benzene rings is 1. The third-order valence-electron chi connectivity index (χ3n) is 8.70. The Kier molecular flexibility index (Phi) is 9.29. The van der Waals surface area contributed by atoms with E-state index >= 15 is 0 Å². The van der Waals surface area contributed by atoms with E-state index in [0.717, 1.165) is 42.6 Å². The van der Waals surface area contributed by atoms with Crippen molar-refractivity contribution >= 4 is 39.5 Å². The summed E-state index contributed by atoms with van der Waals surface area (Å²) in [4.78, 5) is 40.9. The highest BCUT2D eigenvalue weighted by atomic mass is 35.5. The number of halogens is 1. The molecule has 2 unspecified atom stereocenters. The number of ether oxygens (including phenoxy) is 1. The molecule has 43 heavy (non-hydrogen) atoms. The molecule has 12 nitrogen and oxygen atoms in total. The zero-order chi connectivity index (χ0) is 31.1. The highest BCUT2D eigenvalue weighted by Crippen LogP contribution is 2.33. The molecule has 3 aliphatic heterocycles. The number of rotatable bonds is 9. The van der Waals surface area contributed by atoms with E-state index in [-0.39, 0.29) is 19.0 Å². The van der Waals surface area contributed by atoms with Crippen molar-refractivity contribution in [1.29, 1.82) is 0 Å². The molecule has 0 spiro atoms. The maximum Gasteiger partial charge on any atom is 0.414 e. The molecule has 14 heteroatoms. The van der Waals surface area contributed by atoms with Crippen molar-refractivity contribution in [1.82, 2.24) is 28.4 Å². The van der Waals surface area contributed by atoms with Crippen LogP contribution in [0.1, 0.15) is 33.7 Å². The van der Waals surface area contributed by atoms with Gasteiger partial charge >= 0.3 is 6.09 Å². The van der Waals surface area contributed by atoms with Gasteiger partial charge in [0.15, 0.2) is 0 Å². The molecular weight excluding hydrogens is 594 g/mol. The van der Waals surface area contributed by atoms with Crippen LogP contribution < -0.4 is 4.90 Å². The molecule has 0 radical (unpaired) electrons. The molecule has 1 aromatic heterocycles. The number of amides is 2. The first kappa shape index (κ1) is 31.6. The van der Waals surface area contributed by atoms with Gasteiger partial charge in [-0.2, -0.15) is 17.0 Å². The van der Waals surface area contributed by atoms with Crippen molar-refractivity contribution in [2.75, 3.05) is 71.4 Å². The number of aryl methyl sites for hydroxylation is 3. The predicted molar refractivity (Wildman–Crippen MR) is 163 cm³/mol. The number of nitrogens with zero attached hydrogens (tertiary/aromatic N) is 7. The van der Waals surface area contributed by atoms with Crippen molar-refractivity contribution in [3.8, 4) is 0 Å². The fourth-order valence-electron chi connectivity index (χ4n) is 6.13. The molecule has 3 aliphatic rings. The zero-order valence-electron chi connectivity index (χ0n) is 25.4. The second-order valence-electron chi connectivity index (χ2n) is 12.0. The minimum atomic E-state index is -3.54. The molecule has 234 valence electrons. The Balaban J connectivity index is 1.15. The number of carbonyl (C=O) groups excluding carboxylic acids is 2. The van der Waals surface area contributed by atoms with Crippen LogP contribution in [0.15, 0.2) is 24.5 Å². The van der Waals surface area contributed by atoms with Crippen LogP contribution in [0.25, 0.3) is 0 Å². The third kappa shape index (κ3) is 6.65. The van der Waals surface area contributed by atoms with Crippen LogP contribution in [-0.4, -0.2) is 121 Å². The highest BCUT2D eigenvalue weighted by Gasteiger charge is 2.42. The lowest BCUT2D eigenvalue weighted by molar-refractivity contribution is 0.0286. The van der Waals surface area contributed by atoms with E-state index in [2.05, 4.69) is 14.9 Å². The number of aromatic nitrogens is 2. The summed E-state index contributed by atoms with van der Waals surface area (Å²) < 4.78 is 32.8. The molecule has 0 saturated carbocycles. The summed E-state index contributed by atoms with van der Waals surface area (Å²) >= 11 is 6.39. The number of hydrogen-bond donors (Lipinski definition) is 0. The second kappa shape index (κ2) is 12.6. The van der Waals surface area contributed by atoms with Crippen molar-refractivity contribution in [3.05, 3.63) is 52.1 Å². The first-order valence-electron chi connectivity index (χ1n) is 14.6. The quantitative estimate of drug-likeness (QED) is 0.413. The lowest BCUT2D eigenvalue weighted by Crippen LogP contribution is -2.58. The van der Waals surface area contributed by atoms with E-state index < -0.39 is 22.4 Å². The second-order valence-corrected chi connectivity index (χ2v) is 14.5. The maximum absolute atomic E-state index is 13.3. The Hall–Kier alpha value is -2.84. The average Bonchev–Trinajstić information content (AvgIpc) is 3.49. The Morgan fingerprint density at radius 3 is 2.21 bits per heavy atom. The van der Waals surface area contributed by atoms with E-state index in [4.69, 9.17) is 16.3 Å². The Morgan fingerprint density at radius 2 is 1.63 bits per heavy atom. The van der Waals surface area contributed by atoms with Gasteiger partial charge in [0, 0.05) is 57.5 Å². The largest absolute Gasteiger partial charge is 0.443 e. The third-order valence-corrected chi connectivity index (χ3v) is 11.0. The van der Waals surface area contributed by atoms with Crippen LogP contribution in [0.4, 0.5) is 10.5 Å². The van der Waals surface area contributed by atoms with Gasteiger partial charge in [-0.15, -0.1) is 0 Å². The summed E-state index contributed by atoms with van der Waals surface area (Å²) in [6.07, 6.45) is 1.18. The lowest BCUT2D eigenvalue weighted by atomic mass is 10.0. The number of fused-ring (bicyclic) bond motifs is 1. The molecule has 2 amide bonds. The molecule has 0 bridgehead atoms. The van der Waals surface area contributed by atoms with Crippen LogP contribution >= 0.6 is 11.6 Å². The van der Waals surface area contributed by atoms with Gasteiger partial charge in [0.2, 0.25) is 0 Å². The van der Waals surface area contributed by atoms with Gasteiger partial charge in [-0.05, 0) is 63.3 Å². The lowest BCUT2D eigenvalue weighted by Gasteiger charge is -2.39. The van der Waals surface area contributed by atoms with Crippen molar-refractivity contribution < 1.29 is 22.7 Å². The van der Waals surface area contributed by atoms with E-state index in [1.165, 1.54) is 24.7 Å². The van der Waals surface area contributed by atoms with Gasteiger partial charge in [-0.3, -0.25) is 9.69 Å². The predicted octanol–water partition coefficient (Wildman–Crippen LogP) is 2.58. The van der Waals surface area contributed by atoms with Gasteiger partial charge in [-0.1, -0.05) is 17.7 Å². The summed E-state index contributed by atoms with van der Waals surface area (Å²) in [5.41, 5.74) is 3.57. The normalized spacial score (nSPS) is 21.2. The van der Waals surface area contributed by atoms with E-state index in [1.807, 2.05) is 37.8 Å². The molecule has 3 fully saturated rings. The smallest absolute Gasteiger partial charge is 0.414 e. The number of likely N-dealkylation sites (tertiary alicyclic amines) is 2. The van der Waals surface area contributed by atoms with E-state index in [0.29, 0.717) is 52.5 Å². The van der Waals surface area contributed by atoms with E-state index in [1.54, 1.807) is 11.0 Å². The van der Waals surface area contributed by atoms with Gasteiger partial charge < -0.3 is 14.5 Å². The summed E-state index contributed by atoms with van der Waals surface area (Å²) in [7, 11) is -0.587. The highest BCUT2D eigenvalue weighted by molar-refractivity contribution is 7.86. The summed E-state index contributed by atoms with van der Waals surface area (Å²) in [5.74, 6) is 0.828. The van der Waals surface area contributed by atoms with Crippen LogP contribution in [-0.2, 0) is 14.9 Å². The number of carbonyl (C=O) groups is 2. The van der Waals surface area contributed by atoms with Gasteiger partial charge in [0.05, 0.1) is 30.0 Å². The van der Waals surface area contributed by atoms with Gasteiger partial charge in [0.25, 0.3) is 16.1 Å². The summed E-state index contributed by atoms with van der Waals surface area (Å²) in [6.45, 7) is 10.3. The molecule has 5 rings (SSSR count). The SMILES string of the molecule is Cc1ccc(N(CCCN2CC3CN(C(=O)c4c(C)ncnc4C)CC3C2)C(=O)OC2CN(S(=O)(=O)N(C)C)C2)cc1Cl. The maximum atomic E-state index is 13.3. The van der Waals surface area contributed by atoms with Crippen LogP contribution in [0.3, 0.4) is 0 Å². The van der Waals surface area contributed by atoms with Crippen molar-refractivity contribution in [3.63, 3.8) is 0 Å². The van der Waals surface area contributed by atoms with E-state index in [9.17, 15) is 18.0 Å². The molecule has 2 aromatic rings. The van der Waals surface area contributed by atoms with Crippen LogP contribution in [0, 0.1) is 32.6 Å². The number of hydrogen-bond acceptors (Lipinski definition) is 8. The molecule has 2 atom stereocenters. The topological polar surface area (TPSA) is 119 Å². The number of anilines is 1. The van der Waals surface area contributed by atoms with Crippen LogP contribution in [0.2, 0.25) is 5.02 Å². The monoisotopic (exact) mass is 633 g/mol. The van der Waals surface area contributed by atoms with Crippen molar-refractivity contribution in [2.24, 2.45) is 11.8 Å². The van der Waals surface area contributed by atoms with Crippen molar-refractivity contribution in [2.45, 2.75) is 33.3 Å². The average molecular weight is 634 g/mol. The minimum absolute atomic E-state index is 0.0105. The molecule has 0 N–H and O–H groups in total. The van der Waals surface area contributed by atoms with Gasteiger partial charge in [-0.25, -0.2) is 14.8 Å². The first-order chi connectivity index (χ1) is 20.3. The van der Waals surface area contributed by atoms with Crippen LogP contribution in [0.5, 0.6) is 0 Å². The Bertz CT molecular complexity index is 1450. The van der Waals surface area contributed by atoms with Gasteiger partial charge in [0.1, 0.15) is 12.4 Å². The Morgan fingerprint density at radius 1 is 1.00 bits per heavy atom. The molecular formula is C29H40ClN7O5S. The molecule has 3 saturated heterocycles. The minimum Gasteiger partial charge on any atom is -0.443 e. The molecule has 0 aliphatic carbocycles. The summed E-state index contributed by atoms with van der Waals surface area (Å²) in [5, 5.41) is 0.557. The Labute approximate surface area is 258 Å². The first-order valence-corrected chi connectivity index (χ1v) is 16.3. The fourth-order valence-corrected chi connectivity index (χ4v) is 7.47. The standard InChI is InChI=1S/C29H40ClN7O5S/c1-19-7-8-24(11-26(19)30)37(29(39)42-25-16-36(17-25)43(40,41)33(4)5)10-6-9-34-12-22-14-35(15-23(22)13-34)28(38)27-20(2)31-18-32-21(27)3/h7-8,11,18,22-23,25H,6,9-10,12-17H2,1-5H3. The zero-order valence-corrected chi connectivity index (χ0v) is 26.9. The fraction of sp³-hybridized carbons (Fsp3) is 0.586. The molecule has 4 heterocycles.